The highest BCUT2D eigenvalue weighted by atomic mass is 32.2. The molecule has 1 unspecified atom stereocenters. The molecule has 1 heterocycles. The Bertz CT molecular complexity index is 493. The molecule has 1 aromatic heterocycles. The predicted octanol–water partition coefficient (Wildman–Crippen LogP) is 4.04. The van der Waals surface area contributed by atoms with E-state index in [4.69, 9.17) is 4.42 Å². The third-order valence-corrected chi connectivity index (χ3v) is 2.62. The topological polar surface area (TPSA) is 26.0 Å². The van der Waals surface area contributed by atoms with Crippen LogP contribution in [0.1, 0.15) is 0 Å². The first kappa shape index (κ1) is 12.0. The molecule has 1 aromatic carbocycles. The number of thioether (sulfide) groups is 1. The molecule has 0 aliphatic rings. The summed E-state index contributed by atoms with van der Waals surface area (Å²) in [5.74, 6) is 0. The lowest BCUT2D eigenvalue weighted by molar-refractivity contribution is 0.0751. The molecule has 0 spiro atoms. The van der Waals surface area contributed by atoms with Gasteiger partial charge in [0, 0.05) is 0 Å². The molecule has 1 atom stereocenters. The van der Waals surface area contributed by atoms with Gasteiger partial charge in [0.15, 0.2) is 11.8 Å². The largest absolute Gasteiger partial charge is 0.431 e. The fourth-order valence-corrected chi connectivity index (χ4v) is 1.79. The summed E-state index contributed by atoms with van der Waals surface area (Å²) in [7, 11) is 0. The van der Waals surface area contributed by atoms with Gasteiger partial charge in [0.1, 0.15) is 5.52 Å². The molecule has 2 rings (SSSR count). The number of alkyl halides is 3. The number of fused-ring (bicyclic) bond motifs is 1. The van der Waals surface area contributed by atoms with Crippen LogP contribution in [-0.4, -0.2) is 17.6 Å². The van der Waals surface area contributed by atoms with Crippen molar-refractivity contribution in [1.82, 2.24) is 4.98 Å². The summed E-state index contributed by atoms with van der Waals surface area (Å²) in [6, 6.07) is 7.12. The van der Waals surface area contributed by atoms with Crippen molar-refractivity contribution in [2.75, 3.05) is 0 Å². The molecule has 90 valence electrons. The van der Waals surface area contributed by atoms with Gasteiger partial charge in [0.25, 0.3) is 11.6 Å². The quantitative estimate of drug-likeness (QED) is 0.775. The number of nitrogens with zero attached hydrogens (tertiary/aromatic N) is 1. The first-order valence-electron chi connectivity index (χ1n) is 4.78. The van der Waals surface area contributed by atoms with E-state index in [1.54, 1.807) is 18.2 Å². The van der Waals surface area contributed by atoms with Gasteiger partial charge in [0.05, 0.1) is 0 Å². The van der Waals surface area contributed by atoms with E-state index in [-0.39, 0.29) is 0 Å². The van der Waals surface area contributed by atoms with Crippen molar-refractivity contribution >= 4 is 22.9 Å². The van der Waals surface area contributed by atoms with Crippen LogP contribution in [0.25, 0.3) is 11.1 Å². The van der Waals surface area contributed by atoms with E-state index >= 15 is 0 Å². The third-order valence-electron chi connectivity index (χ3n) is 1.95. The van der Waals surface area contributed by atoms with Crippen molar-refractivity contribution in [2.45, 2.75) is 17.8 Å². The Morgan fingerprint density at radius 1 is 1.24 bits per heavy atom. The van der Waals surface area contributed by atoms with Gasteiger partial charge >= 0.3 is 0 Å². The second-order valence-electron chi connectivity index (χ2n) is 3.17. The summed E-state index contributed by atoms with van der Waals surface area (Å²) in [5, 5.41) is 1.51. The molecule has 0 aliphatic heterocycles. The minimum absolute atomic E-state index is 0.295. The van der Waals surface area contributed by atoms with E-state index in [0.717, 1.165) is 17.8 Å². The lowest BCUT2D eigenvalue weighted by atomic mass is 10.3. The van der Waals surface area contributed by atoms with E-state index in [9.17, 15) is 13.2 Å². The number of allylic oxidation sites excluding steroid dienone is 1. The average Bonchev–Trinajstić information content (AvgIpc) is 2.71. The Morgan fingerprint density at radius 3 is 2.71 bits per heavy atom. The maximum atomic E-state index is 12.5. The number of para-hydroxylation sites is 2. The second kappa shape index (κ2) is 5.27. The Labute approximate surface area is 99.5 Å². The van der Waals surface area contributed by atoms with Crippen molar-refractivity contribution in [3.8, 4) is 0 Å². The highest BCUT2D eigenvalue weighted by Gasteiger charge is 2.15. The molecule has 6 heteroatoms. The fourth-order valence-electron chi connectivity index (χ4n) is 1.16. The number of hydrogen-bond donors (Lipinski definition) is 0. The lowest BCUT2D eigenvalue weighted by Crippen LogP contribution is -2.07. The third kappa shape index (κ3) is 3.03. The monoisotopic (exact) mass is 259 g/mol. The zero-order valence-corrected chi connectivity index (χ0v) is 9.33. The molecule has 0 saturated heterocycles. The van der Waals surface area contributed by atoms with Gasteiger partial charge in [-0.2, -0.15) is 0 Å². The number of benzene rings is 1. The van der Waals surface area contributed by atoms with Crippen molar-refractivity contribution in [1.29, 1.82) is 0 Å². The minimum atomic E-state index is -3.00. The first-order chi connectivity index (χ1) is 8.16. The van der Waals surface area contributed by atoms with E-state index < -0.39 is 12.6 Å². The minimum Gasteiger partial charge on any atom is -0.431 e. The summed E-state index contributed by atoms with van der Waals surface area (Å²) in [6.45, 7) is 0. The van der Waals surface area contributed by atoms with Gasteiger partial charge in [-0.05, 0) is 35.4 Å². The van der Waals surface area contributed by atoms with Crippen LogP contribution in [0.3, 0.4) is 0 Å². The zero-order valence-electron chi connectivity index (χ0n) is 8.52. The van der Waals surface area contributed by atoms with Crippen LogP contribution < -0.4 is 0 Å². The Morgan fingerprint density at radius 2 is 2.00 bits per heavy atom. The number of rotatable bonds is 4. The fraction of sp³-hybridized carbons (Fsp3) is 0.182. The van der Waals surface area contributed by atoms with Crippen molar-refractivity contribution in [3.63, 3.8) is 0 Å². The van der Waals surface area contributed by atoms with Crippen molar-refractivity contribution < 1.29 is 17.6 Å². The van der Waals surface area contributed by atoms with Crippen molar-refractivity contribution in [3.05, 3.63) is 35.7 Å². The second-order valence-corrected chi connectivity index (χ2v) is 4.03. The van der Waals surface area contributed by atoms with E-state index in [1.807, 2.05) is 6.07 Å². The zero-order chi connectivity index (χ0) is 12.3. The first-order valence-corrected chi connectivity index (χ1v) is 5.66. The summed E-state index contributed by atoms with van der Waals surface area (Å²) in [5.41, 5.74) is 1.28. The van der Waals surface area contributed by atoms with Crippen LogP contribution in [0.4, 0.5) is 13.2 Å². The molecule has 0 aliphatic carbocycles. The molecule has 0 fully saturated rings. The molecule has 0 amide bonds. The van der Waals surface area contributed by atoms with Gasteiger partial charge < -0.3 is 4.42 Å². The molecule has 2 nitrogen and oxygen atoms in total. The maximum absolute atomic E-state index is 12.5. The van der Waals surface area contributed by atoms with Gasteiger partial charge in [-0.15, -0.1) is 0 Å². The van der Waals surface area contributed by atoms with Crippen LogP contribution >= 0.6 is 11.8 Å². The maximum Gasteiger partial charge on any atom is 0.272 e. The summed E-state index contributed by atoms with van der Waals surface area (Å²) >= 11 is 0.960. The summed E-state index contributed by atoms with van der Waals surface area (Å²) < 4.78 is 41.5. The van der Waals surface area contributed by atoms with Gasteiger partial charge in [-0.25, -0.2) is 18.2 Å². The summed E-state index contributed by atoms with van der Waals surface area (Å²) in [4.78, 5) is 4.09. The number of oxazole rings is 1. The molecule has 0 N–H and O–H groups in total. The van der Waals surface area contributed by atoms with E-state index in [0.29, 0.717) is 16.3 Å². The number of aromatic nitrogens is 1. The van der Waals surface area contributed by atoms with Crippen LogP contribution in [0.5, 0.6) is 0 Å². The lowest BCUT2D eigenvalue weighted by Gasteiger charge is -1.97. The molecular weight excluding hydrogens is 251 g/mol. The SMILES string of the molecule is FC(F)C(F)C=CSc1nc2ccccc2o1. The molecule has 0 radical (unpaired) electrons. The van der Waals surface area contributed by atoms with E-state index in [1.165, 1.54) is 5.41 Å². The van der Waals surface area contributed by atoms with Crippen LogP contribution in [-0.2, 0) is 0 Å². The average molecular weight is 259 g/mol. The van der Waals surface area contributed by atoms with Crippen LogP contribution in [0, 0.1) is 0 Å². The van der Waals surface area contributed by atoms with E-state index in [2.05, 4.69) is 4.98 Å². The molecular formula is C11H8F3NOS. The molecule has 0 bridgehead atoms. The van der Waals surface area contributed by atoms with Gasteiger partial charge in [-0.3, -0.25) is 0 Å². The Kier molecular flexibility index (Phi) is 3.73. The Balaban J connectivity index is 2.04. The predicted molar refractivity (Wildman–Crippen MR) is 59.9 cm³/mol. The summed E-state index contributed by atoms with van der Waals surface area (Å²) in [6.07, 6.45) is -4.48. The number of halogens is 3. The van der Waals surface area contributed by atoms with Gasteiger partial charge in [-0.1, -0.05) is 12.1 Å². The number of hydrogen-bond acceptors (Lipinski definition) is 3. The van der Waals surface area contributed by atoms with Gasteiger partial charge in [0.2, 0.25) is 0 Å². The highest BCUT2D eigenvalue weighted by Crippen LogP contribution is 2.24. The molecule has 0 saturated carbocycles. The van der Waals surface area contributed by atoms with Crippen LogP contribution in [0.2, 0.25) is 0 Å². The van der Waals surface area contributed by atoms with Crippen molar-refractivity contribution in [2.24, 2.45) is 0 Å². The normalized spacial score (nSPS) is 13.9. The molecule has 17 heavy (non-hydrogen) atoms. The molecule has 2 aromatic rings. The Hall–Kier alpha value is -1.43. The highest BCUT2D eigenvalue weighted by molar-refractivity contribution is 8.01. The standard InChI is InChI=1S/C11H8F3NOS/c12-7(10(13)14)5-6-17-11-15-8-3-1-2-4-9(8)16-11/h1-7,10H. The van der Waals surface area contributed by atoms with Crippen LogP contribution in [0.15, 0.2) is 45.4 Å². The smallest absolute Gasteiger partial charge is 0.272 e.